The van der Waals surface area contributed by atoms with Gasteiger partial charge in [-0.15, -0.1) is 22.7 Å². The number of hydrogen-bond acceptors (Lipinski definition) is 4. The minimum atomic E-state index is -0.104. The molecule has 1 N–H and O–H groups in total. The fourth-order valence-electron chi connectivity index (χ4n) is 2.24. The maximum Gasteiger partial charge on any atom is 0.265 e. The zero-order valence-corrected chi connectivity index (χ0v) is 16.9. The second kappa shape index (κ2) is 7.46. The molecule has 3 rings (SSSR count). The van der Waals surface area contributed by atoms with Gasteiger partial charge in [-0.05, 0) is 67.6 Å². The van der Waals surface area contributed by atoms with Gasteiger partial charge in [0, 0.05) is 28.1 Å². The summed E-state index contributed by atoms with van der Waals surface area (Å²) in [6, 6.07) is 4.05. The molecule has 1 saturated carbocycles. The lowest BCUT2D eigenvalue weighted by atomic mass is 10.3. The van der Waals surface area contributed by atoms with Gasteiger partial charge >= 0.3 is 0 Å². The van der Waals surface area contributed by atoms with E-state index in [0.717, 1.165) is 26.7 Å². The molecule has 2 aromatic heterocycles. The summed E-state index contributed by atoms with van der Waals surface area (Å²) < 4.78 is 1.64. The molecule has 4 nitrogen and oxygen atoms in total. The van der Waals surface area contributed by atoms with E-state index in [1.807, 2.05) is 27.8 Å². The molecule has 0 spiro atoms. The van der Waals surface area contributed by atoms with Crippen molar-refractivity contribution < 1.29 is 9.59 Å². The number of thiophene rings is 2. The zero-order valence-electron chi connectivity index (χ0n) is 12.1. The Kier molecular flexibility index (Phi) is 5.56. The Morgan fingerprint density at radius 3 is 2.26 bits per heavy atom. The van der Waals surface area contributed by atoms with Gasteiger partial charge in [0.15, 0.2) is 0 Å². The van der Waals surface area contributed by atoms with E-state index < -0.39 is 0 Å². The van der Waals surface area contributed by atoms with Gasteiger partial charge in [0.25, 0.3) is 11.8 Å². The van der Waals surface area contributed by atoms with Crippen molar-refractivity contribution in [3.05, 3.63) is 41.6 Å². The molecule has 1 aliphatic rings. The number of rotatable bonds is 6. The minimum absolute atomic E-state index is 0.0425. The molecule has 1 aliphatic carbocycles. The van der Waals surface area contributed by atoms with Crippen molar-refractivity contribution in [3.63, 3.8) is 0 Å². The van der Waals surface area contributed by atoms with Crippen LogP contribution in [0.15, 0.2) is 31.8 Å². The molecule has 0 atom stereocenters. The highest BCUT2D eigenvalue weighted by molar-refractivity contribution is 9.11. The first-order valence-corrected chi connectivity index (χ1v) is 10.5. The predicted molar refractivity (Wildman–Crippen MR) is 100 cm³/mol. The summed E-state index contributed by atoms with van der Waals surface area (Å²) in [6.45, 7) is 0.983. The number of amides is 2. The lowest BCUT2D eigenvalue weighted by Crippen LogP contribution is -2.39. The first kappa shape index (κ1) is 17.1. The van der Waals surface area contributed by atoms with Crippen LogP contribution in [-0.2, 0) is 0 Å². The Labute approximate surface area is 159 Å². The van der Waals surface area contributed by atoms with E-state index in [1.165, 1.54) is 22.7 Å². The van der Waals surface area contributed by atoms with Crippen LogP contribution >= 0.6 is 54.5 Å². The second-order valence-corrected chi connectivity index (χ2v) is 8.72. The molecule has 2 aromatic rings. The Bertz CT molecular complexity index is 725. The first-order valence-electron chi connectivity index (χ1n) is 7.13. The molecule has 122 valence electrons. The van der Waals surface area contributed by atoms with Gasteiger partial charge in [-0.3, -0.25) is 9.59 Å². The lowest BCUT2D eigenvalue weighted by Gasteiger charge is -2.22. The van der Waals surface area contributed by atoms with Crippen LogP contribution in [0.25, 0.3) is 0 Å². The fraction of sp³-hybridized carbons (Fsp3) is 0.333. The standard InChI is InChI=1S/C15H14Br2N2O2S2/c16-10-3-7-22-12(10)14(20)18-5-6-19(9-1-2-9)15(21)13-11(17)4-8-23-13/h3-4,7-9H,1-2,5-6H2,(H,18,20). The van der Waals surface area contributed by atoms with Crippen LogP contribution in [0.3, 0.4) is 0 Å². The van der Waals surface area contributed by atoms with Crippen LogP contribution in [0.2, 0.25) is 0 Å². The van der Waals surface area contributed by atoms with Crippen molar-refractivity contribution in [1.82, 2.24) is 10.2 Å². The van der Waals surface area contributed by atoms with E-state index in [1.54, 1.807) is 0 Å². The Morgan fingerprint density at radius 2 is 1.74 bits per heavy atom. The van der Waals surface area contributed by atoms with E-state index in [2.05, 4.69) is 37.2 Å². The average Bonchev–Trinajstić information content (AvgIpc) is 3.13. The Hall–Kier alpha value is -0.700. The maximum absolute atomic E-state index is 12.7. The third-order valence-electron chi connectivity index (χ3n) is 3.52. The molecule has 0 bridgehead atoms. The van der Waals surface area contributed by atoms with E-state index in [0.29, 0.717) is 24.0 Å². The Morgan fingerprint density at radius 1 is 1.13 bits per heavy atom. The summed E-state index contributed by atoms with van der Waals surface area (Å²) in [5, 5.41) is 6.66. The van der Waals surface area contributed by atoms with Gasteiger partial charge in [0.2, 0.25) is 0 Å². The van der Waals surface area contributed by atoms with Crippen LogP contribution in [-0.4, -0.2) is 35.8 Å². The molecule has 8 heteroatoms. The molecule has 0 radical (unpaired) electrons. The van der Waals surface area contributed by atoms with Crippen LogP contribution < -0.4 is 5.32 Å². The number of hydrogen-bond donors (Lipinski definition) is 1. The second-order valence-electron chi connectivity index (χ2n) is 5.18. The van der Waals surface area contributed by atoms with Crippen molar-refractivity contribution >= 4 is 66.3 Å². The fourth-order valence-corrected chi connectivity index (χ4v) is 5.20. The number of carbonyl (C=O) groups is 2. The molecule has 0 saturated heterocycles. The molecule has 0 aliphatic heterocycles. The highest BCUT2D eigenvalue weighted by Crippen LogP contribution is 2.31. The van der Waals surface area contributed by atoms with Crippen molar-refractivity contribution in [2.45, 2.75) is 18.9 Å². The monoisotopic (exact) mass is 476 g/mol. The first-order chi connectivity index (χ1) is 11.1. The third kappa shape index (κ3) is 4.04. The maximum atomic E-state index is 12.7. The molecule has 2 amide bonds. The van der Waals surface area contributed by atoms with E-state index in [4.69, 9.17) is 0 Å². The highest BCUT2D eigenvalue weighted by atomic mass is 79.9. The van der Waals surface area contributed by atoms with Crippen LogP contribution in [0.4, 0.5) is 0 Å². The van der Waals surface area contributed by atoms with Crippen LogP contribution in [0.1, 0.15) is 32.2 Å². The number of nitrogens with one attached hydrogen (secondary N) is 1. The Balaban J connectivity index is 1.58. The zero-order chi connectivity index (χ0) is 16.4. The molecule has 0 aromatic carbocycles. The summed E-state index contributed by atoms with van der Waals surface area (Å²) in [7, 11) is 0. The lowest BCUT2D eigenvalue weighted by molar-refractivity contribution is 0.0740. The van der Waals surface area contributed by atoms with E-state index in [-0.39, 0.29) is 11.8 Å². The number of halogens is 2. The summed E-state index contributed by atoms with van der Waals surface area (Å²) >= 11 is 9.62. The highest BCUT2D eigenvalue weighted by Gasteiger charge is 2.33. The van der Waals surface area contributed by atoms with Crippen LogP contribution in [0, 0.1) is 0 Å². The van der Waals surface area contributed by atoms with E-state index in [9.17, 15) is 9.59 Å². The summed E-state index contributed by atoms with van der Waals surface area (Å²) in [6.07, 6.45) is 2.08. The molecule has 23 heavy (non-hydrogen) atoms. The molecule has 1 fully saturated rings. The molecular formula is C15H14Br2N2O2S2. The van der Waals surface area contributed by atoms with Gasteiger partial charge in [0.05, 0.1) is 0 Å². The number of nitrogens with zero attached hydrogens (tertiary/aromatic N) is 1. The van der Waals surface area contributed by atoms with Crippen molar-refractivity contribution in [2.75, 3.05) is 13.1 Å². The third-order valence-corrected chi connectivity index (χ3v) is 7.18. The van der Waals surface area contributed by atoms with Crippen molar-refractivity contribution in [1.29, 1.82) is 0 Å². The van der Waals surface area contributed by atoms with Gasteiger partial charge < -0.3 is 10.2 Å². The van der Waals surface area contributed by atoms with Gasteiger partial charge in [-0.1, -0.05) is 0 Å². The van der Waals surface area contributed by atoms with Gasteiger partial charge in [-0.25, -0.2) is 0 Å². The summed E-state index contributed by atoms with van der Waals surface area (Å²) in [5.74, 6) is -0.0618. The van der Waals surface area contributed by atoms with Crippen molar-refractivity contribution in [2.24, 2.45) is 0 Å². The smallest absolute Gasteiger partial charge is 0.265 e. The van der Waals surface area contributed by atoms with E-state index >= 15 is 0 Å². The normalized spacial score (nSPS) is 13.8. The van der Waals surface area contributed by atoms with Gasteiger partial charge in [0.1, 0.15) is 9.75 Å². The molecule has 2 heterocycles. The average molecular weight is 478 g/mol. The quantitative estimate of drug-likeness (QED) is 0.671. The SMILES string of the molecule is O=C(NCCN(C(=O)c1sccc1Br)C1CC1)c1sccc1Br. The number of carbonyl (C=O) groups excluding carboxylic acids is 2. The summed E-state index contributed by atoms with van der Waals surface area (Å²) in [5.41, 5.74) is 0. The minimum Gasteiger partial charge on any atom is -0.350 e. The van der Waals surface area contributed by atoms with Gasteiger partial charge in [-0.2, -0.15) is 0 Å². The topological polar surface area (TPSA) is 49.4 Å². The van der Waals surface area contributed by atoms with Crippen LogP contribution in [0.5, 0.6) is 0 Å². The largest absolute Gasteiger partial charge is 0.350 e. The summed E-state index contributed by atoms with van der Waals surface area (Å²) in [4.78, 5) is 28.0. The van der Waals surface area contributed by atoms with Crippen molar-refractivity contribution in [3.8, 4) is 0 Å². The predicted octanol–water partition coefficient (Wildman–Crippen LogP) is 4.37. The molecular weight excluding hydrogens is 464 g/mol. The molecule has 0 unspecified atom stereocenters.